The van der Waals surface area contributed by atoms with E-state index in [1.807, 2.05) is 12.1 Å². The summed E-state index contributed by atoms with van der Waals surface area (Å²) in [5, 5.41) is 0.752. The average molecular weight is 301 g/mol. The van der Waals surface area contributed by atoms with Gasteiger partial charge in [0.2, 0.25) is 0 Å². The molecule has 0 saturated heterocycles. The Morgan fingerprint density at radius 2 is 2.00 bits per heavy atom. The van der Waals surface area contributed by atoms with Gasteiger partial charge in [0, 0.05) is 20.5 Å². The van der Waals surface area contributed by atoms with Crippen LogP contribution in [0.25, 0.3) is 15.7 Å². The fraction of sp³-hybridized carbons (Fsp3) is 0.444. The third kappa shape index (κ3) is 1.98. The molecule has 0 spiro atoms. The normalized spacial score (nSPS) is 25.3. The maximum Gasteiger partial charge on any atom is 0.131 e. The molecule has 2 atom stereocenters. The van der Waals surface area contributed by atoms with Crippen molar-refractivity contribution >= 4 is 27.0 Å². The number of allylic oxidation sites excluding steroid dienone is 1. The van der Waals surface area contributed by atoms with Crippen LogP contribution in [0.1, 0.15) is 38.0 Å². The van der Waals surface area contributed by atoms with E-state index in [4.69, 9.17) is 5.73 Å². The Bertz CT molecular complexity index is 750. The van der Waals surface area contributed by atoms with Gasteiger partial charge in [0.25, 0.3) is 0 Å². The molecule has 1 aromatic heterocycles. The van der Waals surface area contributed by atoms with E-state index in [9.17, 15) is 4.39 Å². The van der Waals surface area contributed by atoms with E-state index in [2.05, 4.69) is 13.8 Å². The number of hydrogen-bond acceptors (Lipinski definition) is 2. The summed E-state index contributed by atoms with van der Waals surface area (Å²) in [5.41, 5.74) is 9.03. The van der Waals surface area contributed by atoms with Crippen LogP contribution in [-0.2, 0) is 0 Å². The van der Waals surface area contributed by atoms with E-state index >= 15 is 0 Å². The lowest BCUT2D eigenvalue weighted by Gasteiger charge is -2.30. The predicted molar refractivity (Wildman–Crippen MR) is 87.8 cm³/mol. The number of fused-ring (bicyclic) bond motifs is 3. The van der Waals surface area contributed by atoms with Crippen molar-refractivity contribution in [3.63, 3.8) is 0 Å². The molecule has 3 heteroatoms. The first-order chi connectivity index (χ1) is 9.95. The van der Waals surface area contributed by atoms with E-state index < -0.39 is 0 Å². The largest absolute Gasteiger partial charge is 0.322 e. The third-order valence-electron chi connectivity index (χ3n) is 5.01. The monoisotopic (exact) mass is 301 g/mol. The Morgan fingerprint density at radius 1 is 1.24 bits per heavy atom. The minimum Gasteiger partial charge on any atom is -0.322 e. The summed E-state index contributed by atoms with van der Waals surface area (Å²) in [6, 6.07) is 7.38. The standard InChI is InChI=1S/C18H20FNS/c1-18(2,20)17-11-7-6-10(8-11)16(17)15-9-12-13(19)4-3-5-14(12)21-15/h3-5,9-11H,6-8,20H2,1-2H3. The first-order valence-corrected chi connectivity index (χ1v) is 8.48. The molecule has 0 radical (unpaired) electrons. The van der Waals surface area contributed by atoms with Gasteiger partial charge in [-0.15, -0.1) is 11.3 Å². The fourth-order valence-corrected chi connectivity index (χ4v) is 5.52. The molecule has 1 aromatic carbocycles. The molecule has 2 unspecified atom stereocenters. The van der Waals surface area contributed by atoms with Crippen molar-refractivity contribution in [3.8, 4) is 0 Å². The minimum absolute atomic E-state index is 0.118. The summed E-state index contributed by atoms with van der Waals surface area (Å²) in [5.74, 6) is 1.15. The summed E-state index contributed by atoms with van der Waals surface area (Å²) >= 11 is 1.71. The molecule has 4 rings (SSSR count). The van der Waals surface area contributed by atoms with Crippen LogP contribution in [0.15, 0.2) is 29.8 Å². The lowest BCUT2D eigenvalue weighted by Crippen LogP contribution is -2.37. The summed E-state index contributed by atoms with van der Waals surface area (Å²) in [7, 11) is 0. The molecule has 0 amide bonds. The van der Waals surface area contributed by atoms with Crippen molar-refractivity contribution in [2.75, 3.05) is 0 Å². The first kappa shape index (κ1) is 13.5. The number of rotatable bonds is 2. The molecule has 2 aliphatic rings. The summed E-state index contributed by atoms with van der Waals surface area (Å²) in [6.07, 6.45) is 3.77. The quantitative estimate of drug-likeness (QED) is 0.833. The fourth-order valence-electron chi connectivity index (χ4n) is 4.31. The highest BCUT2D eigenvalue weighted by Gasteiger charge is 2.44. The van der Waals surface area contributed by atoms with Crippen LogP contribution in [-0.4, -0.2) is 5.54 Å². The van der Waals surface area contributed by atoms with E-state index in [1.54, 1.807) is 23.5 Å². The van der Waals surface area contributed by atoms with Crippen LogP contribution in [0.4, 0.5) is 4.39 Å². The van der Waals surface area contributed by atoms with Gasteiger partial charge in [0.15, 0.2) is 0 Å². The van der Waals surface area contributed by atoms with E-state index in [0.717, 1.165) is 10.1 Å². The maximum atomic E-state index is 14.0. The molecule has 0 aliphatic heterocycles. The van der Waals surface area contributed by atoms with Crippen molar-refractivity contribution in [1.29, 1.82) is 0 Å². The lowest BCUT2D eigenvalue weighted by atomic mass is 9.80. The van der Waals surface area contributed by atoms with Gasteiger partial charge < -0.3 is 5.73 Å². The predicted octanol–water partition coefficient (Wildman–Crippen LogP) is 4.96. The molecule has 2 bridgehead atoms. The molecular weight excluding hydrogens is 281 g/mol. The second-order valence-electron chi connectivity index (χ2n) is 7.02. The van der Waals surface area contributed by atoms with Crippen LogP contribution < -0.4 is 5.73 Å². The van der Waals surface area contributed by atoms with Crippen LogP contribution in [0, 0.1) is 17.7 Å². The van der Waals surface area contributed by atoms with Crippen LogP contribution in [0.5, 0.6) is 0 Å². The molecule has 1 heterocycles. The highest BCUT2D eigenvalue weighted by molar-refractivity contribution is 7.20. The highest BCUT2D eigenvalue weighted by atomic mass is 32.1. The minimum atomic E-state index is -0.274. The van der Waals surface area contributed by atoms with Gasteiger partial charge in [-0.3, -0.25) is 0 Å². The molecule has 1 saturated carbocycles. The van der Waals surface area contributed by atoms with Gasteiger partial charge in [0.1, 0.15) is 5.82 Å². The number of nitrogens with two attached hydrogens (primary N) is 1. The Morgan fingerprint density at radius 3 is 2.71 bits per heavy atom. The van der Waals surface area contributed by atoms with E-state index in [0.29, 0.717) is 11.8 Å². The summed E-state index contributed by atoms with van der Waals surface area (Å²) in [6.45, 7) is 4.22. The molecule has 2 N–H and O–H groups in total. The number of halogens is 1. The smallest absolute Gasteiger partial charge is 0.131 e. The van der Waals surface area contributed by atoms with Crippen molar-refractivity contribution in [1.82, 2.24) is 0 Å². The summed E-state index contributed by atoms with van der Waals surface area (Å²) < 4.78 is 15.0. The molecule has 2 aliphatic carbocycles. The van der Waals surface area contributed by atoms with Gasteiger partial charge in [-0.25, -0.2) is 4.39 Å². The van der Waals surface area contributed by atoms with Crippen molar-refractivity contribution in [2.45, 2.75) is 38.6 Å². The van der Waals surface area contributed by atoms with Crippen molar-refractivity contribution in [2.24, 2.45) is 17.6 Å². The molecule has 110 valence electrons. The van der Waals surface area contributed by atoms with Gasteiger partial charge >= 0.3 is 0 Å². The molecule has 21 heavy (non-hydrogen) atoms. The van der Waals surface area contributed by atoms with E-state index in [1.165, 1.54) is 35.3 Å². The van der Waals surface area contributed by atoms with Crippen LogP contribution >= 0.6 is 11.3 Å². The van der Waals surface area contributed by atoms with Crippen molar-refractivity contribution in [3.05, 3.63) is 40.5 Å². The second-order valence-corrected chi connectivity index (χ2v) is 8.10. The zero-order valence-electron chi connectivity index (χ0n) is 12.4. The zero-order valence-corrected chi connectivity index (χ0v) is 13.3. The first-order valence-electron chi connectivity index (χ1n) is 7.67. The van der Waals surface area contributed by atoms with E-state index in [-0.39, 0.29) is 11.4 Å². The third-order valence-corrected chi connectivity index (χ3v) is 6.14. The topological polar surface area (TPSA) is 26.0 Å². The molecule has 2 aromatic rings. The molecular formula is C18H20FNS. The Balaban J connectivity index is 1.94. The van der Waals surface area contributed by atoms with Crippen LogP contribution in [0.2, 0.25) is 0 Å². The van der Waals surface area contributed by atoms with Gasteiger partial charge in [-0.1, -0.05) is 6.07 Å². The van der Waals surface area contributed by atoms with Crippen molar-refractivity contribution < 1.29 is 4.39 Å². The second kappa shape index (κ2) is 4.40. The SMILES string of the molecule is CC(C)(N)C1=C(c2cc3c(F)cccc3s2)C2CCC1C2. The molecule has 1 fully saturated rings. The van der Waals surface area contributed by atoms with Gasteiger partial charge in [-0.05, 0) is 74.3 Å². The maximum absolute atomic E-state index is 14.0. The Labute approximate surface area is 128 Å². The number of benzene rings is 1. The van der Waals surface area contributed by atoms with Crippen LogP contribution in [0.3, 0.4) is 0 Å². The number of hydrogen-bond donors (Lipinski definition) is 1. The highest BCUT2D eigenvalue weighted by Crippen LogP contribution is 2.56. The average Bonchev–Trinajstić information content (AvgIpc) is 3.10. The van der Waals surface area contributed by atoms with Gasteiger partial charge in [-0.2, -0.15) is 0 Å². The Kier molecular flexibility index (Phi) is 2.82. The molecule has 1 nitrogen and oxygen atoms in total. The number of thiophene rings is 1. The Hall–Kier alpha value is -1.19. The van der Waals surface area contributed by atoms with Gasteiger partial charge in [0.05, 0.1) is 0 Å². The lowest BCUT2D eigenvalue weighted by molar-refractivity contribution is 0.509. The summed E-state index contributed by atoms with van der Waals surface area (Å²) in [4.78, 5) is 1.23. The zero-order chi connectivity index (χ0) is 14.8.